The molecule has 1 heterocycles. The van der Waals surface area contributed by atoms with E-state index in [0.717, 1.165) is 43.1 Å². The topological polar surface area (TPSA) is 83.1 Å². The van der Waals surface area contributed by atoms with Crippen molar-refractivity contribution in [2.24, 2.45) is 0 Å². The van der Waals surface area contributed by atoms with Crippen LogP contribution in [0.1, 0.15) is 43.4 Å². The van der Waals surface area contributed by atoms with Gasteiger partial charge in [-0.25, -0.2) is 9.78 Å². The molecule has 10 heteroatoms. The molecule has 0 saturated heterocycles. The molecular formula is C19H21F3N4O2S. The number of rotatable bonds is 5. The maximum absolute atomic E-state index is 13.0. The summed E-state index contributed by atoms with van der Waals surface area (Å²) in [5.41, 5.74) is -0.844. The molecule has 1 aromatic heterocycles. The zero-order chi connectivity index (χ0) is 20.9. The minimum absolute atomic E-state index is 0.155. The molecule has 2 aromatic rings. The molecule has 0 spiro atoms. The lowest BCUT2D eigenvalue weighted by atomic mass is 9.96. The van der Waals surface area contributed by atoms with E-state index in [1.165, 1.54) is 24.6 Å². The van der Waals surface area contributed by atoms with Crippen LogP contribution in [-0.2, 0) is 17.4 Å². The number of benzene rings is 1. The normalized spacial score (nSPS) is 15.0. The number of thiazole rings is 1. The quantitative estimate of drug-likeness (QED) is 0.642. The number of carbonyl (C=O) groups is 2. The average Bonchev–Trinajstić information content (AvgIpc) is 3.08. The summed E-state index contributed by atoms with van der Waals surface area (Å²) in [6.45, 7) is 0. The number of carbonyl (C=O) groups excluding carboxylic acids is 2. The van der Waals surface area contributed by atoms with E-state index in [4.69, 9.17) is 0 Å². The van der Waals surface area contributed by atoms with Gasteiger partial charge in [0, 0.05) is 11.4 Å². The van der Waals surface area contributed by atoms with Gasteiger partial charge in [-0.2, -0.15) is 13.2 Å². The van der Waals surface area contributed by atoms with Gasteiger partial charge in [0.1, 0.15) is 0 Å². The third-order valence-electron chi connectivity index (χ3n) is 4.56. The van der Waals surface area contributed by atoms with E-state index < -0.39 is 17.6 Å². The lowest BCUT2D eigenvalue weighted by molar-refractivity contribution is -0.137. The largest absolute Gasteiger partial charge is 0.418 e. The van der Waals surface area contributed by atoms with Crippen molar-refractivity contribution in [3.63, 3.8) is 0 Å². The van der Waals surface area contributed by atoms with Gasteiger partial charge in [-0.1, -0.05) is 31.4 Å². The SMILES string of the molecule is O=C(Cc1csc(NC(=O)NC2CCCCC2)n1)Nc1ccccc1C(F)(F)F. The highest BCUT2D eigenvalue weighted by molar-refractivity contribution is 7.13. The predicted molar refractivity (Wildman–Crippen MR) is 105 cm³/mol. The second kappa shape index (κ2) is 9.25. The number of aromatic nitrogens is 1. The number of hydrogen-bond donors (Lipinski definition) is 3. The van der Waals surface area contributed by atoms with Crippen LogP contribution in [0.3, 0.4) is 0 Å². The minimum atomic E-state index is -4.56. The smallest absolute Gasteiger partial charge is 0.335 e. The maximum Gasteiger partial charge on any atom is 0.418 e. The second-order valence-electron chi connectivity index (χ2n) is 6.85. The Morgan fingerprint density at radius 3 is 2.55 bits per heavy atom. The van der Waals surface area contributed by atoms with E-state index in [1.54, 1.807) is 5.38 Å². The molecule has 0 bridgehead atoms. The first kappa shape index (κ1) is 21.1. The average molecular weight is 426 g/mol. The van der Waals surface area contributed by atoms with Crippen LogP contribution in [0.4, 0.5) is 28.8 Å². The van der Waals surface area contributed by atoms with Crippen LogP contribution in [0.15, 0.2) is 29.6 Å². The molecule has 3 rings (SSSR count). The Hall–Kier alpha value is -2.62. The Morgan fingerprint density at radius 1 is 1.10 bits per heavy atom. The van der Waals surface area contributed by atoms with Gasteiger partial charge in [0.15, 0.2) is 5.13 Å². The van der Waals surface area contributed by atoms with E-state index in [9.17, 15) is 22.8 Å². The highest BCUT2D eigenvalue weighted by Crippen LogP contribution is 2.34. The van der Waals surface area contributed by atoms with Gasteiger partial charge in [0.2, 0.25) is 5.91 Å². The second-order valence-corrected chi connectivity index (χ2v) is 7.70. The highest BCUT2D eigenvalue weighted by atomic mass is 32.1. The van der Waals surface area contributed by atoms with E-state index in [1.807, 2.05) is 0 Å². The molecule has 1 fully saturated rings. The van der Waals surface area contributed by atoms with Crippen molar-refractivity contribution in [1.29, 1.82) is 0 Å². The summed E-state index contributed by atoms with van der Waals surface area (Å²) in [4.78, 5) is 28.3. The van der Waals surface area contributed by atoms with Gasteiger partial charge in [0.05, 0.1) is 23.4 Å². The number of nitrogens with zero attached hydrogens (tertiary/aromatic N) is 1. The van der Waals surface area contributed by atoms with Crippen LogP contribution >= 0.6 is 11.3 Å². The maximum atomic E-state index is 13.0. The Morgan fingerprint density at radius 2 is 1.83 bits per heavy atom. The summed E-state index contributed by atoms with van der Waals surface area (Å²) in [6, 6.07) is 4.59. The summed E-state index contributed by atoms with van der Waals surface area (Å²) in [7, 11) is 0. The van der Waals surface area contributed by atoms with Crippen molar-refractivity contribution >= 4 is 34.1 Å². The van der Waals surface area contributed by atoms with Gasteiger partial charge >= 0.3 is 12.2 Å². The van der Waals surface area contributed by atoms with Crippen LogP contribution in [0, 0.1) is 0 Å². The number of anilines is 2. The zero-order valence-electron chi connectivity index (χ0n) is 15.5. The van der Waals surface area contributed by atoms with Gasteiger partial charge in [-0.3, -0.25) is 10.1 Å². The molecule has 1 aliphatic rings. The van der Waals surface area contributed by atoms with Crippen LogP contribution in [0.5, 0.6) is 0 Å². The molecule has 29 heavy (non-hydrogen) atoms. The summed E-state index contributed by atoms with van der Waals surface area (Å²) >= 11 is 1.15. The summed E-state index contributed by atoms with van der Waals surface area (Å²) in [5.74, 6) is -0.620. The van der Waals surface area contributed by atoms with Crippen molar-refractivity contribution in [3.05, 3.63) is 40.9 Å². The number of urea groups is 1. The van der Waals surface area contributed by atoms with Crippen LogP contribution in [-0.4, -0.2) is 23.0 Å². The third-order valence-corrected chi connectivity index (χ3v) is 5.37. The first-order valence-electron chi connectivity index (χ1n) is 9.29. The Labute approximate surface area is 169 Å². The highest BCUT2D eigenvalue weighted by Gasteiger charge is 2.33. The molecule has 0 atom stereocenters. The summed E-state index contributed by atoms with van der Waals surface area (Å²) < 4.78 is 39.0. The molecule has 156 valence electrons. The van der Waals surface area contributed by atoms with Crippen molar-refractivity contribution in [2.75, 3.05) is 10.6 Å². The minimum Gasteiger partial charge on any atom is -0.335 e. The molecule has 6 nitrogen and oxygen atoms in total. The Bertz CT molecular complexity index is 863. The monoisotopic (exact) mass is 426 g/mol. The van der Waals surface area contributed by atoms with Gasteiger partial charge in [0.25, 0.3) is 0 Å². The summed E-state index contributed by atoms with van der Waals surface area (Å²) in [5, 5.41) is 9.73. The van der Waals surface area contributed by atoms with Gasteiger partial charge < -0.3 is 10.6 Å². The lowest BCUT2D eigenvalue weighted by Gasteiger charge is -2.22. The van der Waals surface area contributed by atoms with Crippen molar-refractivity contribution in [2.45, 2.75) is 50.7 Å². The van der Waals surface area contributed by atoms with Gasteiger partial charge in [-0.15, -0.1) is 11.3 Å². The van der Waals surface area contributed by atoms with E-state index in [0.29, 0.717) is 10.8 Å². The van der Waals surface area contributed by atoms with Crippen LogP contribution in [0.2, 0.25) is 0 Å². The fourth-order valence-corrected chi connectivity index (χ4v) is 3.91. The molecular weight excluding hydrogens is 405 g/mol. The van der Waals surface area contributed by atoms with Crippen molar-refractivity contribution in [1.82, 2.24) is 10.3 Å². The Balaban J connectivity index is 1.53. The predicted octanol–water partition coefficient (Wildman–Crippen LogP) is 4.80. The number of halogens is 3. The number of nitrogens with one attached hydrogen (secondary N) is 3. The summed E-state index contributed by atoms with van der Waals surface area (Å²) in [6.07, 6.45) is 0.525. The zero-order valence-corrected chi connectivity index (χ0v) is 16.3. The standard InChI is InChI=1S/C19H21F3N4O2S/c20-19(21,22)14-8-4-5-9-15(14)25-16(27)10-13-11-29-18(24-13)26-17(28)23-12-6-2-1-3-7-12/h4-5,8-9,11-12H,1-3,6-7,10H2,(H,25,27)(H2,23,24,26,28). The first-order chi connectivity index (χ1) is 13.8. The molecule has 0 aliphatic heterocycles. The van der Waals surface area contributed by atoms with E-state index in [-0.39, 0.29) is 24.2 Å². The van der Waals surface area contributed by atoms with Crippen LogP contribution in [0.25, 0.3) is 0 Å². The molecule has 3 amide bonds. The molecule has 1 aromatic carbocycles. The van der Waals surface area contributed by atoms with Crippen LogP contribution < -0.4 is 16.0 Å². The molecule has 0 unspecified atom stereocenters. The van der Waals surface area contributed by atoms with Crippen molar-refractivity contribution < 1.29 is 22.8 Å². The van der Waals surface area contributed by atoms with Gasteiger partial charge in [-0.05, 0) is 25.0 Å². The van der Waals surface area contributed by atoms with E-state index >= 15 is 0 Å². The Kier molecular flexibility index (Phi) is 6.73. The molecule has 3 N–H and O–H groups in total. The number of para-hydroxylation sites is 1. The third kappa shape index (κ3) is 6.18. The lowest BCUT2D eigenvalue weighted by Crippen LogP contribution is -2.39. The number of amides is 3. The fraction of sp³-hybridized carbons (Fsp3) is 0.421. The number of alkyl halides is 3. The molecule has 0 radical (unpaired) electrons. The van der Waals surface area contributed by atoms with Crippen molar-refractivity contribution in [3.8, 4) is 0 Å². The number of hydrogen-bond acceptors (Lipinski definition) is 4. The molecule has 1 aliphatic carbocycles. The van der Waals surface area contributed by atoms with E-state index in [2.05, 4.69) is 20.9 Å². The molecule has 1 saturated carbocycles. The fourth-order valence-electron chi connectivity index (χ4n) is 3.21. The first-order valence-corrected chi connectivity index (χ1v) is 10.2.